The minimum Gasteiger partial charge on any atom is -0.444 e. The van der Waals surface area contributed by atoms with Gasteiger partial charge in [-0.3, -0.25) is 0 Å². The normalized spacial score (nSPS) is 16.9. The van der Waals surface area contributed by atoms with E-state index in [1.54, 1.807) is 4.90 Å². The molecule has 1 aliphatic heterocycles. The van der Waals surface area contributed by atoms with Crippen molar-refractivity contribution in [1.82, 2.24) is 24.0 Å². The molecule has 0 aromatic carbocycles. The van der Waals surface area contributed by atoms with Gasteiger partial charge in [0, 0.05) is 22.8 Å². The smallest absolute Gasteiger partial charge is 0.410 e. The first kappa shape index (κ1) is 32.4. The number of hydrogen-bond donors (Lipinski definition) is 0. The molecule has 4 aromatic heterocycles. The number of pyridine rings is 2. The van der Waals surface area contributed by atoms with Crippen molar-refractivity contribution in [2.45, 2.75) is 99.7 Å². The molecule has 9 nitrogen and oxygen atoms in total. The second-order valence-electron chi connectivity index (χ2n) is 13.4. The molecule has 0 radical (unpaired) electrons. The first-order valence-electron chi connectivity index (χ1n) is 15.7. The van der Waals surface area contributed by atoms with Crippen LogP contribution < -0.4 is 0 Å². The van der Waals surface area contributed by atoms with E-state index in [9.17, 15) is 4.79 Å². The number of carbonyl (C=O) groups excluding carboxylic acids is 1. The Hall–Kier alpha value is -3.95. The molecule has 0 bridgehead atoms. The summed E-state index contributed by atoms with van der Waals surface area (Å²) in [5.41, 5.74) is 7.88. The fraction of sp³-hybridized carbons (Fsp3) is 0.472. The van der Waals surface area contributed by atoms with Crippen LogP contribution in [0, 0.1) is 41.5 Å². The molecule has 2 atom stereocenters. The molecule has 0 aliphatic carbocycles. The van der Waals surface area contributed by atoms with Crippen molar-refractivity contribution in [2.75, 3.05) is 13.2 Å². The van der Waals surface area contributed by atoms with Gasteiger partial charge in [0.1, 0.15) is 17.2 Å². The number of aromatic nitrogens is 4. The lowest BCUT2D eigenvalue weighted by atomic mass is 10.2. The highest BCUT2D eigenvalue weighted by Crippen LogP contribution is 2.26. The average molecular weight is 614 g/mol. The highest BCUT2D eigenvalue weighted by Gasteiger charge is 2.38. The first-order valence-corrected chi connectivity index (χ1v) is 15.7. The fourth-order valence-corrected chi connectivity index (χ4v) is 6.08. The van der Waals surface area contributed by atoms with Gasteiger partial charge in [-0.25, -0.2) is 14.8 Å². The van der Waals surface area contributed by atoms with E-state index < -0.39 is 5.60 Å². The maximum Gasteiger partial charge on any atom is 0.410 e. The second kappa shape index (κ2) is 13.2. The summed E-state index contributed by atoms with van der Waals surface area (Å²) >= 11 is 0. The van der Waals surface area contributed by atoms with Crippen molar-refractivity contribution < 1.29 is 19.0 Å². The zero-order chi connectivity index (χ0) is 32.5. The molecule has 45 heavy (non-hydrogen) atoms. The molecule has 1 saturated heterocycles. The van der Waals surface area contributed by atoms with Crippen LogP contribution in [-0.4, -0.2) is 61.0 Å². The third-order valence-corrected chi connectivity index (χ3v) is 8.05. The SMILES string of the molecule is Cc1cc(COCC2CC(OCc3cc(C)cc(-n4c(C)ccc4C)n3)CN2C(=O)OC(C)(C)C)nc(-n2c(C)ccc2C)c1. The van der Waals surface area contributed by atoms with E-state index in [4.69, 9.17) is 24.2 Å². The third-order valence-electron chi connectivity index (χ3n) is 8.05. The maximum atomic E-state index is 13.3. The zero-order valence-electron chi connectivity index (χ0n) is 28.2. The van der Waals surface area contributed by atoms with Crippen LogP contribution in [0.5, 0.6) is 0 Å². The van der Waals surface area contributed by atoms with Gasteiger partial charge >= 0.3 is 6.09 Å². The van der Waals surface area contributed by atoms with Gasteiger partial charge in [-0.1, -0.05) is 0 Å². The Morgan fingerprint density at radius 3 is 1.76 bits per heavy atom. The molecule has 0 spiro atoms. The van der Waals surface area contributed by atoms with Crippen molar-refractivity contribution in [3.05, 3.63) is 93.8 Å². The van der Waals surface area contributed by atoms with E-state index in [0.29, 0.717) is 32.8 Å². The Morgan fingerprint density at radius 2 is 1.27 bits per heavy atom. The molecule has 4 aromatic rings. The van der Waals surface area contributed by atoms with Crippen molar-refractivity contribution >= 4 is 6.09 Å². The summed E-state index contributed by atoms with van der Waals surface area (Å²) in [6, 6.07) is 16.5. The lowest BCUT2D eigenvalue weighted by Gasteiger charge is -2.28. The zero-order valence-corrected chi connectivity index (χ0v) is 28.2. The van der Waals surface area contributed by atoms with Gasteiger partial charge in [-0.15, -0.1) is 0 Å². The average Bonchev–Trinajstić information content (AvgIpc) is 3.61. The van der Waals surface area contributed by atoms with Crippen molar-refractivity contribution in [2.24, 2.45) is 0 Å². The van der Waals surface area contributed by atoms with Crippen molar-refractivity contribution in [3.8, 4) is 11.6 Å². The van der Waals surface area contributed by atoms with Crippen LogP contribution in [0.25, 0.3) is 11.6 Å². The highest BCUT2D eigenvalue weighted by atomic mass is 16.6. The predicted octanol–water partition coefficient (Wildman–Crippen LogP) is 7.02. The van der Waals surface area contributed by atoms with E-state index >= 15 is 0 Å². The summed E-state index contributed by atoms with van der Waals surface area (Å²) in [7, 11) is 0. The Kier molecular flexibility index (Phi) is 9.51. The quantitative estimate of drug-likeness (QED) is 0.202. The Balaban J connectivity index is 1.26. The van der Waals surface area contributed by atoms with Crippen LogP contribution in [-0.2, 0) is 27.4 Å². The Morgan fingerprint density at radius 1 is 0.778 bits per heavy atom. The van der Waals surface area contributed by atoms with Gasteiger partial charge < -0.3 is 28.2 Å². The molecule has 0 saturated carbocycles. The van der Waals surface area contributed by atoms with Crippen LogP contribution in [0.1, 0.15) is 72.5 Å². The van der Waals surface area contributed by atoms with E-state index in [1.165, 1.54) is 0 Å². The predicted molar refractivity (Wildman–Crippen MR) is 175 cm³/mol. The molecule has 5 rings (SSSR count). The Bertz CT molecular complexity index is 1630. The van der Waals surface area contributed by atoms with E-state index in [1.807, 2.05) is 26.8 Å². The number of amides is 1. The summed E-state index contributed by atoms with van der Waals surface area (Å²) in [6.07, 6.45) is 0.115. The number of ether oxygens (including phenoxy) is 3. The monoisotopic (exact) mass is 613 g/mol. The van der Waals surface area contributed by atoms with E-state index in [-0.39, 0.29) is 18.2 Å². The van der Waals surface area contributed by atoms with Crippen LogP contribution in [0.15, 0.2) is 48.5 Å². The molecule has 0 N–H and O–H groups in total. The lowest BCUT2D eigenvalue weighted by molar-refractivity contribution is 0.00589. The topological polar surface area (TPSA) is 83.6 Å². The number of likely N-dealkylation sites (tertiary alicyclic amines) is 1. The number of aryl methyl sites for hydroxylation is 6. The van der Waals surface area contributed by atoms with Gasteiger partial charge in [0.05, 0.1) is 49.9 Å². The first-order chi connectivity index (χ1) is 21.3. The van der Waals surface area contributed by atoms with Crippen LogP contribution in [0.2, 0.25) is 0 Å². The van der Waals surface area contributed by atoms with Gasteiger partial charge in [-0.2, -0.15) is 0 Å². The Labute approximate surface area is 267 Å². The molecule has 1 aliphatic rings. The molecular formula is C36H47N5O4. The fourth-order valence-electron chi connectivity index (χ4n) is 6.08. The van der Waals surface area contributed by atoms with Crippen LogP contribution in [0.4, 0.5) is 4.79 Å². The van der Waals surface area contributed by atoms with Gasteiger partial charge in [-0.05, 0) is 128 Å². The maximum absolute atomic E-state index is 13.3. The minimum atomic E-state index is -0.603. The number of hydrogen-bond acceptors (Lipinski definition) is 6. The molecular weight excluding hydrogens is 566 g/mol. The number of carbonyl (C=O) groups is 1. The molecule has 1 amide bonds. The molecule has 5 heterocycles. The highest BCUT2D eigenvalue weighted by molar-refractivity contribution is 5.69. The van der Waals surface area contributed by atoms with Gasteiger partial charge in [0.15, 0.2) is 0 Å². The minimum absolute atomic E-state index is 0.171. The molecule has 9 heteroatoms. The second-order valence-corrected chi connectivity index (χ2v) is 13.4. The largest absolute Gasteiger partial charge is 0.444 e. The van der Waals surface area contributed by atoms with Gasteiger partial charge in [0.25, 0.3) is 0 Å². The van der Waals surface area contributed by atoms with Gasteiger partial charge in [0.2, 0.25) is 0 Å². The number of nitrogens with zero attached hydrogens (tertiary/aromatic N) is 5. The molecule has 240 valence electrons. The van der Waals surface area contributed by atoms with E-state index in [2.05, 4.69) is 93.1 Å². The summed E-state index contributed by atoms with van der Waals surface area (Å²) in [5.74, 6) is 1.77. The summed E-state index contributed by atoms with van der Waals surface area (Å²) in [6.45, 7) is 19.6. The van der Waals surface area contributed by atoms with Crippen LogP contribution in [0.3, 0.4) is 0 Å². The summed E-state index contributed by atoms with van der Waals surface area (Å²) in [5, 5.41) is 0. The number of rotatable bonds is 9. The standard InChI is InChI=1S/C36H47N5O4/c1-23-14-29(37-33(16-23)40-25(3)10-11-26(40)4)20-43-22-31-18-32(19-39(31)35(42)45-36(7,8)9)44-21-30-15-24(2)17-34(38-30)41-27(5)12-13-28(41)6/h10-17,31-32H,18-22H2,1-9H3. The third kappa shape index (κ3) is 7.83. The van der Waals surface area contributed by atoms with Crippen LogP contribution >= 0.6 is 0 Å². The van der Waals surface area contributed by atoms with Crippen molar-refractivity contribution in [1.29, 1.82) is 0 Å². The summed E-state index contributed by atoms with van der Waals surface area (Å²) < 4.78 is 22.7. The molecule has 2 unspecified atom stereocenters. The molecule has 1 fully saturated rings. The summed E-state index contributed by atoms with van der Waals surface area (Å²) in [4.78, 5) is 24.8. The lowest BCUT2D eigenvalue weighted by Crippen LogP contribution is -2.42. The van der Waals surface area contributed by atoms with E-state index in [0.717, 1.165) is 56.9 Å². The van der Waals surface area contributed by atoms with Crippen molar-refractivity contribution in [3.63, 3.8) is 0 Å².